The number of hydrogen-bond acceptors (Lipinski definition) is 4. The van der Waals surface area contributed by atoms with Crippen LogP contribution in [0.1, 0.15) is 22.5 Å². The number of benzene rings is 3. The van der Waals surface area contributed by atoms with E-state index in [-0.39, 0.29) is 12.6 Å². The normalized spacial score (nSPS) is 10.8. The molecule has 2 N–H and O–H groups in total. The van der Waals surface area contributed by atoms with Gasteiger partial charge in [0, 0.05) is 16.5 Å². The molecule has 4 rings (SSSR count). The van der Waals surface area contributed by atoms with E-state index >= 15 is 0 Å². The molecule has 0 aliphatic rings. The lowest BCUT2D eigenvalue weighted by Crippen LogP contribution is -2.30. The first kappa shape index (κ1) is 24.1. The summed E-state index contributed by atoms with van der Waals surface area (Å²) in [4.78, 5) is 12.6. The van der Waals surface area contributed by atoms with Gasteiger partial charge in [0.15, 0.2) is 11.0 Å². The molecule has 1 heterocycles. The number of urea groups is 1. The first-order valence-electron chi connectivity index (χ1n) is 10.6. The molecular weight excluding hydrogens is 489 g/mol. The number of hydrogen-bond donors (Lipinski definition) is 2. The summed E-state index contributed by atoms with van der Waals surface area (Å²) in [5, 5.41) is 16.2. The van der Waals surface area contributed by atoms with Crippen molar-refractivity contribution in [2.24, 2.45) is 0 Å². The lowest BCUT2D eigenvalue weighted by molar-refractivity contribution is 0.251. The van der Waals surface area contributed by atoms with Crippen molar-refractivity contribution in [1.82, 2.24) is 20.1 Å². The SMILES string of the molecule is Cc1cccc(C)c1NC(=O)NCc1nnc(SCc2ccccc2)n1-c1cc(Cl)ccc1Cl. The highest BCUT2D eigenvalue weighted by atomic mass is 35.5. The summed E-state index contributed by atoms with van der Waals surface area (Å²) < 4.78 is 1.83. The monoisotopic (exact) mass is 511 g/mol. The number of aryl methyl sites for hydroxylation is 2. The zero-order valence-corrected chi connectivity index (χ0v) is 21.0. The third kappa shape index (κ3) is 5.73. The van der Waals surface area contributed by atoms with Crippen LogP contribution in [0.5, 0.6) is 0 Å². The predicted molar refractivity (Wildman–Crippen MR) is 139 cm³/mol. The van der Waals surface area contributed by atoms with Crippen molar-refractivity contribution in [2.45, 2.75) is 31.3 Å². The molecular formula is C25H23Cl2N5OS. The summed E-state index contributed by atoms with van der Waals surface area (Å²) in [6.45, 7) is 4.06. The standard InChI is InChI=1S/C25H23Cl2N5OS/c1-16-7-6-8-17(2)23(16)29-24(33)28-14-22-30-31-25(34-15-18-9-4-3-5-10-18)32(22)21-13-19(26)11-12-20(21)27/h3-13H,14-15H2,1-2H3,(H2,28,29,33). The van der Waals surface area contributed by atoms with Crippen molar-refractivity contribution in [3.8, 4) is 5.69 Å². The molecule has 0 spiro atoms. The molecule has 0 saturated heterocycles. The van der Waals surface area contributed by atoms with E-state index in [2.05, 4.69) is 33.0 Å². The number of nitrogens with one attached hydrogen (secondary N) is 2. The van der Waals surface area contributed by atoms with Crippen molar-refractivity contribution >= 4 is 46.7 Å². The van der Waals surface area contributed by atoms with Gasteiger partial charge in [-0.15, -0.1) is 10.2 Å². The van der Waals surface area contributed by atoms with Gasteiger partial charge in [-0.1, -0.05) is 83.5 Å². The quantitative estimate of drug-likeness (QED) is 0.267. The minimum atomic E-state index is -0.331. The molecule has 9 heteroatoms. The maximum absolute atomic E-state index is 12.6. The Balaban J connectivity index is 1.57. The Labute approximate surface area is 212 Å². The first-order valence-corrected chi connectivity index (χ1v) is 12.3. The zero-order chi connectivity index (χ0) is 24.1. The summed E-state index contributed by atoms with van der Waals surface area (Å²) >= 11 is 14.3. The molecule has 2 amide bonds. The molecule has 4 aromatic rings. The lowest BCUT2D eigenvalue weighted by atomic mass is 10.1. The fourth-order valence-electron chi connectivity index (χ4n) is 3.46. The van der Waals surface area contributed by atoms with E-state index in [9.17, 15) is 4.79 Å². The molecule has 0 atom stereocenters. The molecule has 0 bridgehead atoms. The Bertz CT molecular complexity index is 1290. The van der Waals surface area contributed by atoms with Crippen molar-refractivity contribution in [2.75, 3.05) is 5.32 Å². The number of para-hydroxylation sites is 1. The minimum Gasteiger partial charge on any atom is -0.331 e. The van der Waals surface area contributed by atoms with E-state index in [1.807, 2.05) is 54.8 Å². The summed E-state index contributed by atoms with van der Waals surface area (Å²) in [5.74, 6) is 1.24. The van der Waals surface area contributed by atoms with Crippen LogP contribution in [-0.2, 0) is 12.3 Å². The fourth-order valence-corrected chi connectivity index (χ4v) is 4.75. The fraction of sp³-hybridized carbons (Fsp3) is 0.160. The second-order valence-corrected chi connectivity index (χ2v) is 9.46. The largest absolute Gasteiger partial charge is 0.331 e. The highest BCUT2D eigenvalue weighted by molar-refractivity contribution is 7.98. The van der Waals surface area contributed by atoms with Gasteiger partial charge in [-0.3, -0.25) is 4.57 Å². The van der Waals surface area contributed by atoms with Gasteiger partial charge in [-0.05, 0) is 48.7 Å². The molecule has 1 aromatic heterocycles. The molecule has 174 valence electrons. The summed E-state index contributed by atoms with van der Waals surface area (Å²) in [7, 11) is 0. The van der Waals surface area contributed by atoms with Crippen molar-refractivity contribution < 1.29 is 4.79 Å². The smallest absolute Gasteiger partial charge is 0.319 e. The van der Waals surface area contributed by atoms with E-state index in [0.29, 0.717) is 32.5 Å². The van der Waals surface area contributed by atoms with Gasteiger partial charge in [0.2, 0.25) is 0 Å². The van der Waals surface area contributed by atoms with Crippen molar-refractivity contribution in [3.63, 3.8) is 0 Å². The Morgan fingerprint density at radius 2 is 1.71 bits per heavy atom. The third-order valence-electron chi connectivity index (χ3n) is 5.19. The van der Waals surface area contributed by atoms with Crippen LogP contribution in [0.4, 0.5) is 10.5 Å². The molecule has 0 radical (unpaired) electrons. The third-order valence-corrected chi connectivity index (χ3v) is 6.74. The van der Waals surface area contributed by atoms with Crippen LogP contribution in [0.15, 0.2) is 71.9 Å². The number of aromatic nitrogens is 3. The van der Waals surface area contributed by atoms with Crippen LogP contribution in [0, 0.1) is 13.8 Å². The number of halogens is 2. The molecule has 0 aliphatic carbocycles. The maximum Gasteiger partial charge on any atom is 0.319 e. The number of anilines is 1. The summed E-state index contributed by atoms with van der Waals surface area (Å²) in [6, 6.07) is 20.9. The Hall–Kier alpha value is -3.00. The average molecular weight is 512 g/mol. The number of carbonyl (C=O) groups is 1. The van der Waals surface area contributed by atoms with E-state index in [0.717, 1.165) is 22.4 Å². The zero-order valence-electron chi connectivity index (χ0n) is 18.7. The molecule has 0 unspecified atom stereocenters. The number of rotatable bonds is 7. The predicted octanol–water partition coefficient (Wildman–Crippen LogP) is 6.80. The number of carbonyl (C=O) groups excluding carboxylic acids is 1. The molecule has 6 nitrogen and oxygen atoms in total. The topological polar surface area (TPSA) is 71.8 Å². The van der Waals surface area contributed by atoms with Crippen LogP contribution >= 0.6 is 35.0 Å². The second-order valence-electron chi connectivity index (χ2n) is 7.68. The van der Waals surface area contributed by atoms with Crippen LogP contribution < -0.4 is 10.6 Å². The van der Waals surface area contributed by atoms with Crippen LogP contribution in [0.3, 0.4) is 0 Å². The van der Waals surface area contributed by atoms with E-state index in [1.165, 1.54) is 11.8 Å². The van der Waals surface area contributed by atoms with Gasteiger partial charge in [-0.2, -0.15) is 0 Å². The van der Waals surface area contributed by atoms with Gasteiger partial charge < -0.3 is 10.6 Å². The second kappa shape index (κ2) is 11.0. The summed E-state index contributed by atoms with van der Waals surface area (Å²) in [5.41, 5.74) is 4.58. The van der Waals surface area contributed by atoms with E-state index in [4.69, 9.17) is 23.2 Å². The van der Waals surface area contributed by atoms with Crippen molar-refractivity contribution in [1.29, 1.82) is 0 Å². The van der Waals surface area contributed by atoms with E-state index < -0.39 is 0 Å². The highest BCUT2D eigenvalue weighted by Crippen LogP contribution is 2.31. The average Bonchev–Trinajstić information content (AvgIpc) is 3.23. The van der Waals surface area contributed by atoms with Gasteiger partial charge in [-0.25, -0.2) is 4.79 Å². The molecule has 0 fully saturated rings. The molecule has 34 heavy (non-hydrogen) atoms. The number of nitrogens with zero attached hydrogens (tertiary/aromatic N) is 3. The Morgan fingerprint density at radius 3 is 2.44 bits per heavy atom. The minimum absolute atomic E-state index is 0.151. The van der Waals surface area contributed by atoms with Crippen LogP contribution in [0.2, 0.25) is 10.0 Å². The van der Waals surface area contributed by atoms with Crippen LogP contribution in [0.25, 0.3) is 5.69 Å². The van der Waals surface area contributed by atoms with Crippen molar-refractivity contribution in [3.05, 3.63) is 99.3 Å². The molecule has 0 saturated carbocycles. The van der Waals surface area contributed by atoms with Gasteiger partial charge in [0.25, 0.3) is 0 Å². The molecule has 0 aliphatic heterocycles. The van der Waals surface area contributed by atoms with Gasteiger partial charge >= 0.3 is 6.03 Å². The number of thioether (sulfide) groups is 1. The van der Waals surface area contributed by atoms with E-state index in [1.54, 1.807) is 18.2 Å². The lowest BCUT2D eigenvalue weighted by Gasteiger charge is -2.14. The van der Waals surface area contributed by atoms with Gasteiger partial charge in [0.05, 0.1) is 17.3 Å². The van der Waals surface area contributed by atoms with Crippen LogP contribution in [-0.4, -0.2) is 20.8 Å². The Morgan fingerprint density at radius 1 is 0.971 bits per heavy atom. The number of amides is 2. The van der Waals surface area contributed by atoms with Gasteiger partial charge in [0.1, 0.15) is 0 Å². The maximum atomic E-state index is 12.6. The summed E-state index contributed by atoms with van der Waals surface area (Å²) in [6.07, 6.45) is 0. The Kier molecular flexibility index (Phi) is 7.77. The molecule has 3 aromatic carbocycles. The highest BCUT2D eigenvalue weighted by Gasteiger charge is 2.18. The first-order chi connectivity index (χ1) is 16.4.